The van der Waals surface area contributed by atoms with Gasteiger partial charge in [-0.1, -0.05) is 0 Å². The minimum Gasteiger partial charge on any atom is -0.397 e. The van der Waals surface area contributed by atoms with E-state index in [1.54, 1.807) is 6.07 Å². The molecule has 0 bridgehead atoms. The van der Waals surface area contributed by atoms with Gasteiger partial charge in [-0.05, 0) is 23.1 Å². The van der Waals surface area contributed by atoms with Gasteiger partial charge >= 0.3 is 0 Å². The molecular weight excluding hydrogens is 198 g/mol. The van der Waals surface area contributed by atoms with Crippen LogP contribution in [0.3, 0.4) is 0 Å². The van der Waals surface area contributed by atoms with Gasteiger partial charge in [0.25, 0.3) is 0 Å². The van der Waals surface area contributed by atoms with Crippen molar-refractivity contribution < 1.29 is 9.90 Å². The van der Waals surface area contributed by atoms with Crippen LogP contribution in [0.4, 0.5) is 5.69 Å². The number of aliphatic hydroxyl groups excluding tert-OH is 1. The Morgan fingerprint density at radius 2 is 2.36 bits per heavy atom. The molecule has 0 saturated heterocycles. The van der Waals surface area contributed by atoms with Gasteiger partial charge in [0.05, 0.1) is 17.0 Å². The average molecular weight is 207 g/mol. The van der Waals surface area contributed by atoms with E-state index in [1.807, 2.05) is 11.4 Å². The first-order chi connectivity index (χ1) is 6.77. The molecule has 0 fully saturated rings. The van der Waals surface area contributed by atoms with Gasteiger partial charge in [0, 0.05) is 10.9 Å². The number of carbonyl (C=O) groups is 1. The maximum Gasteiger partial charge on any atom is 0.152 e. The molecule has 1 aromatic heterocycles. The van der Waals surface area contributed by atoms with E-state index < -0.39 is 0 Å². The van der Waals surface area contributed by atoms with Crippen LogP contribution in [0.5, 0.6) is 0 Å². The highest BCUT2D eigenvalue weighted by atomic mass is 32.1. The van der Waals surface area contributed by atoms with Crippen molar-refractivity contribution in [1.29, 1.82) is 0 Å². The molecule has 3 N–H and O–H groups in total. The summed E-state index contributed by atoms with van der Waals surface area (Å²) < 4.78 is 0.874. The molecule has 0 amide bonds. The molecule has 0 atom stereocenters. The number of hydrogen-bond donors (Lipinski definition) is 2. The summed E-state index contributed by atoms with van der Waals surface area (Å²) in [6.07, 6.45) is 0.716. The molecular formula is C10H9NO2S. The van der Waals surface area contributed by atoms with E-state index in [2.05, 4.69) is 0 Å². The summed E-state index contributed by atoms with van der Waals surface area (Å²) in [6.45, 7) is -0.0750. The van der Waals surface area contributed by atoms with Crippen LogP contribution in [-0.4, -0.2) is 11.4 Å². The van der Waals surface area contributed by atoms with Crippen LogP contribution in [0.25, 0.3) is 10.1 Å². The first-order valence-electron chi connectivity index (χ1n) is 4.12. The van der Waals surface area contributed by atoms with Gasteiger partial charge < -0.3 is 10.8 Å². The quantitative estimate of drug-likeness (QED) is 0.583. The molecule has 0 aliphatic heterocycles. The predicted octanol–water partition coefficient (Wildman–Crippen LogP) is 1.79. The third-order valence-electron chi connectivity index (χ3n) is 2.19. The van der Waals surface area contributed by atoms with Crippen molar-refractivity contribution in [3.05, 3.63) is 28.6 Å². The SMILES string of the molecule is Nc1c(C=O)cc(CO)c2ccsc12. The molecule has 1 heterocycles. The smallest absolute Gasteiger partial charge is 0.152 e. The van der Waals surface area contributed by atoms with Crippen molar-refractivity contribution in [2.45, 2.75) is 6.61 Å². The van der Waals surface area contributed by atoms with E-state index in [0.717, 1.165) is 15.6 Å². The molecule has 0 aliphatic carbocycles. The Morgan fingerprint density at radius 1 is 1.57 bits per heavy atom. The highest BCUT2D eigenvalue weighted by molar-refractivity contribution is 7.17. The van der Waals surface area contributed by atoms with Crippen molar-refractivity contribution in [2.75, 3.05) is 5.73 Å². The van der Waals surface area contributed by atoms with Gasteiger partial charge in [-0.2, -0.15) is 0 Å². The van der Waals surface area contributed by atoms with Crippen LogP contribution < -0.4 is 5.73 Å². The lowest BCUT2D eigenvalue weighted by molar-refractivity contribution is 0.112. The number of rotatable bonds is 2. The third kappa shape index (κ3) is 1.20. The molecule has 0 radical (unpaired) electrons. The molecule has 1 aromatic carbocycles. The second kappa shape index (κ2) is 3.40. The monoisotopic (exact) mass is 207 g/mol. The third-order valence-corrected chi connectivity index (χ3v) is 3.14. The lowest BCUT2D eigenvalue weighted by Gasteiger charge is -2.04. The Bertz CT molecular complexity index is 490. The van der Waals surface area contributed by atoms with E-state index in [-0.39, 0.29) is 6.61 Å². The van der Waals surface area contributed by atoms with Crippen LogP contribution in [-0.2, 0) is 6.61 Å². The number of nitrogens with two attached hydrogens (primary N) is 1. The summed E-state index contributed by atoms with van der Waals surface area (Å²) in [4.78, 5) is 10.7. The van der Waals surface area contributed by atoms with E-state index in [1.165, 1.54) is 11.3 Å². The van der Waals surface area contributed by atoms with Gasteiger partial charge in [-0.15, -0.1) is 11.3 Å². The summed E-state index contributed by atoms with van der Waals surface area (Å²) in [5, 5.41) is 11.9. The minimum absolute atomic E-state index is 0.0750. The Morgan fingerprint density at radius 3 is 3.00 bits per heavy atom. The molecule has 0 aliphatic rings. The molecule has 4 heteroatoms. The Labute approximate surface area is 84.8 Å². The molecule has 2 rings (SSSR count). The number of thiophene rings is 1. The minimum atomic E-state index is -0.0750. The molecule has 0 saturated carbocycles. The van der Waals surface area contributed by atoms with Gasteiger partial charge in [-0.25, -0.2) is 0 Å². The number of hydrogen-bond acceptors (Lipinski definition) is 4. The van der Waals surface area contributed by atoms with E-state index in [0.29, 0.717) is 17.5 Å². The number of anilines is 1. The topological polar surface area (TPSA) is 63.3 Å². The number of aliphatic hydroxyl groups is 1. The molecule has 14 heavy (non-hydrogen) atoms. The molecule has 0 unspecified atom stereocenters. The van der Waals surface area contributed by atoms with Crippen LogP contribution in [0, 0.1) is 0 Å². The zero-order valence-corrected chi connectivity index (χ0v) is 8.17. The van der Waals surface area contributed by atoms with Crippen LogP contribution in [0.1, 0.15) is 15.9 Å². The lowest BCUT2D eigenvalue weighted by atomic mass is 10.1. The lowest BCUT2D eigenvalue weighted by Crippen LogP contribution is -1.96. The zero-order chi connectivity index (χ0) is 10.1. The van der Waals surface area contributed by atoms with Crippen molar-refractivity contribution in [2.24, 2.45) is 0 Å². The first-order valence-corrected chi connectivity index (χ1v) is 5.00. The zero-order valence-electron chi connectivity index (χ0n) is 7.36. The van der Waals surface area contributed by atoms with E-state index >= 15 is 0 Å². The maximum atomic E-state index is 10.7. The standard InChI is InChI=1S/C10H9NO2S/c11-9-7(5-13)3-6(4-12)8-1-2-14-10(8)9/h1-3,5,12H,4,11H2. The van der Waals surface area contributed by atoms with Gasteiger partial charge in [0.15, 0.2) is 6.29 Å². The summed E-state index contributed by atoms with van der Waals surface area (Å²) in [7, 11) is 0. The normalized spacial score (nSPS) is 10.6. The number of fused-ring (bicyclic) bond motifs is 1. The van der Waals surface area contributed by atoms with Crippen LogP contribution in [0.2, 0.25) is 0 Å². The van der Waals surface area contributed by atoms with Crippen molar-refractivity contribution in [1.82, 2.24) is 0 Å². The average Bonchev–Trinajstić information content (AvgIpc) is 2.68. The van der Waals surface area contributed by atoms with Gasteiger partial charge in [0.2, 0.25) is 0 Å². The fourth-order valence-corrected chi connectivity index (χ4v) is 2.38. The van der Waals surface area contributed by atoms with Gasteiger partial charge in [-0.3, -0.25) is 4.79 Å². The highest BCUT2D eigenvalue weighted by Crippen LogP contribution is 2.32. The Balaban J connectivity index is 2.86. The van der Waals surface area contributed by atoms with E-state index in [9.17, 15) is 4.79 Å². The van der Waals surface area contributed by atoms with E-state index in [4.69, 9.17) is 10.8 Å². The fraction of sp³-hybridized carbons (Fsp3) is 0.100. The number of benzene rings is 1. The maximum absolute atomic E-state index is 10.7. The summed E-state index contributed by atoms with van der Waals surface area (Å²) in [6, 6.07) is 3.54. The molecule has 2 aromatic rings. The second-order valence-corrected chi connectivity index (χ2v) is 3.89. The molecule has 0 spiro atoms. The number of nitrogen functional groups attached to an aromatic ring is 1. The van der Waals surface area contributed by atoms with Crippen molar-refractivity contribution in [3.8, 4) is 0 Å². The predicted molar refractivity (Wildman–Crippen MR) is 57.5 cm³/mol. The Kier molecular flexibility index (Phi) is 2.23. The first kappa shape index (κ1) is 9.18. The highest BCUT2D eigenvalue weighted by Gasteiger charge is 2.09. The summed E-state index contributed by atoms with van der Waals surface area (Å²) in [5.74, 6) is 0. The van der Waals surface area contributed by atoms with Crippen molar-refractivity contribution >= 4 is 33.4 Å². The molecule has 72 valence electrons. The fourth-order valence-electron chi connectivity index (χ4n) is 1.47. The summed E-state index contributed by atoms with van der Waals surface area (Å²) in [5.41, 5.74) is 7.49. The molecule has 3 nitrogen and oxygen atoms in total. The van der Waals surface area contributed by atoms with Crippen LogP contribution in [0.15, 0.2) is 17.5 Å². The second-order valence-electron chi connectivity index (χ2n) is 2.98. The number of carbonyl (C=O) groups excluding carboxylic acids is 1. The van der Waals surface area contributed by atoms with Crippen LogP contribution >= 0.6 is 11.3 Å². The largest absolute Gasteiger partial charge is 0.397 e. The van der Waals surface area contributed by atoms with Gasteiger partial charge in [0.1, 0.15) is 0 Å². The Hall–Kier alpha value is -1.39. The summed E-state index contributed by atoms with van der Waals surface area (Å²) >= 11 is 1.48. The van der Waals surface area contributed by atoms with Crippen molar-refractivity contribution in [3.63, 3.8) is 0 Å². The number of aldehydes is 1.